The second kappa shape index (κ2) is 5.18. The number of nitrogens with one attached hydrogen (secondary N) is 1. The Morgan fingerprint density at radius 2 is 2.26 bits per heavy atom. The fourth-order valence-corrected chi connectivity index (χ4v) is 3.07. The van der Waals surface area contributed by atoms with Crippen molar-refractivity contribution in [1.29, 1.82) is 5.26 Å². The minimum absolute atomic E-state index is 0.457. The van der Waals surface area contributed by atoms with Crippen LogP contribution in [0.15, 0.2) is 6.07 Å². The minimum Gasteiger partial charge on any atom is -0.353 e. The van der Waals surface area contributed by atoms with E-state index in [0.717, 1.165) is 43.9 Å². The van der Waals surface area contributed by atoms with E-state index in [1.54, 1.807) is 0 Å². The molecule has 3 rings (SSSR count). The van der Waals surface area contributed by atoms with Crippen molar-refractivity contribution in [1.82, 2.24) is 10.3 Å². The van der Waals surface area contributed by atoms with E-state index < -0.39 is 0 Å². The molecule has 1 atom stereocenters. The molecular formula is C15H20N4. The number of hydrogen-bond donors (Lipinski definition) is 1. The molecule has 0 amide bonds. The smallest absolute Gasteiger partial charge is 0.146 e. The van der Waals surface area contributed by atoms with Gasteiger partial charge in [-0.2, -0.15) is 5.26 Å². The highest BCUT2D eigenvalue weighted by molar-refractivity contribution is 5.57. The highest BCUT2D eigenvalue weighted by Crippen LogP contribution is 2.26. The largest absolute Gasteiger partial charge is 0.353 e. The molecule has 1 aliphatic heterocycles. The molecule has 0 unspecified atom stereocenters. The van der Waals surface area contributed by atoms with Gasteiger partial charge < -0.3 is 10.2 Å². The van der Waals surface area contributed by atoms with Crippen molar-refractivity contribution in [3.8, 4) is 6.07 Å². The zero-order valence-corrected chi connectivity index (χ0v) is 11.4. The molecule has 1 fully saturated rings. The summed E-state index contributed by atoms with van der Waals surface area (Å²) in [6.07, 6.45) is 4.60. The summed E-state index contributed by atoms with van der Waals surface area (Å²) in [6.45, 7) is 5.01. The van der Waals surface area contributed by atoms with Crippen LogP contribution in [0.1, 0.15) is 36.6 Å². The Kier molecular flexibility index (Phi) is 3.39. The van der Waals surface area contributed by atoms with E-state index >= 15 is 0 Å². The highest BCUT2D eigenvalue weighted by Gasteiger charge is 2.22. The Morgan fingerprint density at radius 3 is 3.05 bits per heavy atom. The average Bonchev–Trinajstić information content (AvgIpc) is 2.46. The van der Waals surface area contributed by atoms with E-state index in [1.807, 2.05) is 0 Å². The summed E-state index contributed by atoms with van der Waals surface area (Å²) in [6, 6.07) is 4.86. The van der Waals surface area contributed by atoms with Gasteiger partial charge in [-0.15, -0.1) is 0 Å². The Labute approximate surface area is 114 Å². The molecular weight excluding hydrogens is 236 g/mol. The Hall–Kier alpha value is -1.60. The van der Waals surface area contributed by atoms with Crippen LogP contribution in [0.5, 0.6) is 0 Å². The molecule has 1 saturated heterocycles. The molecule has 1 aliphatic carbocycles. The van der Waals surface area contributed by atoms with Crippen LogP contribution in [-0.2, 0) is 12.8 Å². The van der Waals surface area contributed by atoms with E-state index in [2.05, 4.69) is 29.3 Å². The van der Waals surface area contributed by atoms with Gasteiger partial charge in [-0.05, 0) is 44.2 Å². The van der Waals surface area contributed by atoms with Gasteiger partial charge in [0, 0.05) is 31.4 Å². The van der Waals surface area contributed by atoms with E-state index in [4.69, 9.17) is 4.98 Å². The molecule has 19 heavy (non-hydrogen) atoms. The van der Waals surface area contributed by atoms with Crippen LogP contribution in [0.2, 0.25) is 0 Å². The summed E-state index contributed by atoms with van der Waals surface area (Å²) in [5, 5.41) is 12.8. The lowest BCUT2D eigenvalue weighted by Crippen LogP contribution is -2.49. The number of fused-ring (bicyclic) bond motifs is 1. The third kappa shape index (κ3) is 2.43. The van der Waals surface area contributed by atoms with Crippen molar-refractivity contribution >= 4 is 5.82 Å². The topological polar surface area (TPSA) is 52.0 Å². The predicted octanol–water partition coefficient (Wildman–Crippen LogP) is 1.63. The van der Waals surface area contributed by atoms with Crippen LogP contribution < -0.4 is 10.2 Å². The van der Waals surface area contributed by atoms with Gasteiger partial charge in [-0.25, -0.2) is 4.98 Å². The molecule has 1 aromatic rings. The van der Waals surface area contributed by atoms with Gasteiger partial charge in [0.15, 0.2) is 0 Å². The molecule has 100 valence electrons. The Bertz CT molecular complexity index is 518. The van der Waals surface area contributed by atoms with Crippen LogP contribution in [0.25, 0.3) is 0 Å². The quantitative estimate of drug-likeness (QED) is 0.829. The molecule has 4 nitrogen and oxygen atoms in total. The van der Waals surface area contributed by atoms with Crippen molar-refractivity contribution in [2.45, 2.75) is 38.6 Å². The fraction of sp³-hybridized carbons (Fsp3) is 0.600. The first kappa shape index (κ1) is 12.4. The monoisotopic (exact) mass is 256 g/mol. The van der Waals surface area contributed by atoms with Crippen LogP contribution in [0.4, 0.5) is 5.82 Å². The van der Waals surface area contributed by atoms with E-state index in [0.29, 0.717) is 6.04 Å². The van der Waals surface area contributed by atoms with Gasteiger partial charge >= 0.3 is 0 Å². The maximum Gasteiger partial charge on any atom is 0.146 e. The van der Waals surface area contributed by atoms with Gasteiger partial charge in [0.25, 0.3) is 0 Å². The zero-order chi connectivity index (χ0) is 13.2. The number of piperazine rings is 1. The Morgan fingerprint density at radius 1 is 1.42 bits per heavy atom. The van der Waals surface area contributed by atoms with Gasteiger partial charge in [0.2, 0.25) is 0 Å². The van der Waals surface area contributed by atoms with Crippen LogP contribution in [0.3, 0.4) is 0 Å². The molecule has 1 aromatic heterocycles. The third-order valence-electron chi connectivity index (χ3n) is 4.07. The van der Waals surface area contributed by atoms with Gasteiger partial charge in [0.1, 0.15) is 11.9 Å². The third-order valence-corrected chi connectivity index (χ3v) is 4.07. The number of aromatic nitrogens is 1. The van der Waals surface area contributed by atoms with E-state index in [9.17, 15) is 5.26 Å². The summed E-state index contributed by atoms with van der Waals surface area (Å²) in [4.78, 5) is 7.08. The molecule has 1 N–H and O–H groups in total. The standard InChI is InChI=1S/C15H20N4/c1-11-10-19(7-6-17-11)15-13(9-16)8-12-4-2-3-5-14(12)18-15/h8,11,17H,2-7,10H2,1H3/t11-/m0/s1. The maximum atomic E-state index is 9.38. The lowest BCUT2D eigenvalue weighted by molar-refractivity contribution is 0.481. The molecule has 0 aromatic carbocycles. The number of nitrogens with zero attached hydrogens (tertiary/aromatic N) is 3. The summed E-state index contributed by atoms with van der Waals surface area (Å²) in [7, 11) is 0. The average molecular weight is 256 g/mol. The fourth-order valence-electron chi connectivity index (χ4n) is 3.07. The SMILES string of the molecule is C[C@H]1CN(c2nc3c(cc2C#N)CCCC3)CCN1. The van der Waals surface area contributed by atoms with Crippen molar-refractivity contribution in [2.24, 2.45) is 0 Å². The number of anilines is 1. The normalized spacial score (nSPS) is 22.7. The first-order chi connectivity index (χ1) is 9.28. The molecule has 0 spiro atoms. The van der Waals surface area contributed by atoms with Crippen molar-refractivity contribution in [3.63, 3.8) is 0 Å². The predicted molar refractivity (Wildman–Crippen MR) is 75.3 cm³/mol. The summed E-state index contributed by atoms with van der Waals surface area (Å²) in [5.74, 6) is 0.900. The van der Waals surface area contributed by atoms with Gasteiger partial charge in [-0.3, -0.25) is 0 Å². The lowest BCUT2D eigenvalue weighted by Gasteiger charge is -2.34. The van der Waals surface area contributed by atoms with Crippen LogP contribution in [-0.4, -0.2) is 30.7 Å². The van der Waals surface area contributed by atoms with Crippen molar-refractivity contribution in [3.05, 3.63) is 22.9 Å². The number of hydrogen-bond acceptors (Lipinski definition) is 4. The summed E-state index contributed by atoms with van der Waals surface area (Å²) >= 11 is 0. The number of pyridine rings is 1. The molecule has 0 saturated carbocycles. The first-order valence-electron chi connectivity index (χ1n) is 7.19. The second-order valence-corrected chi connectivity index (χ2v) is 5.59. The van der Waals surface area contributed by atoms with Gasteiger partial charge in [-0.1, -0.05) is 0 Å². The van der Waals surface area contributed by atoms with Crippen molar-refractivity contribution in [2.75, 3.05) is 24.5 Å². The Balaban J connectivity index is 1.97. The second-order valence-electron chi connectivity index (χ2n) is 5.59. The molecule has 2 aliphatic rings. The van der Waals surface area contributed by atoms with Crippen LogP contribution >= 0.6 is 0 Å². The maximum absolute atomic E-state index is 9.38. The molecule has 0 radical (unpaired) electrons. The first-order valence-corrected chi connectivity index (χ1v) is 7.19. The van der Waals surface area contributed by atoms with Crippen molar-refractivity contribution < 1.29 is 0 Å². The van der Waals surface area contributed by atoms with E-state index in [1.165, 1.54) is 24.1 Å². The molecule has 2 heterocycles. The number of nitriles is 1. The number of rotatable bonds is 1. The molecule has 4 heteroatoms. The lowest BCUT2D eigenvalue weighted by atomic mass is 9.94. The highest BCUT2D eigenvalue weighted by atomic mass is 15.2. The van der Waals surface area contributed by atoms with Gasteiger partial charge in [0.05, 0.1) is 5.56 Å². The zero-order valence-electron chi connectivity index (χ0n) is 11.4. The van der Waals surface area contributed by atoms with Crippen LogP contribution in [0, 0.1) is 11.3 Å². The molecule has 0 bridgehead atoms. The number of aryl methyl sites for hydroxylation is 2. The van der Waals surface area contributed by atoms with E-state index in [-0.39, 0.29) is 0 Å². The minimum atomic E-state index is 0.457. The summed E-state index contributed by atoms with van der Waals surface area (Å²) < 4.78 is 0. The summed E-state index contributed by atoms with van der Waals surface area (Å²) in [5.41, 5.74) is 3.25.